The van der Waals surface area contributed by atoms with Crippen molar-refractivity contribution in [3.63, 3.8) is 0 Å². The van der Waals surface area contributed by atoms with E-state index in [-0.39, 0.29) is 13.2 Å². The summed E-state index contributed by atoms with van der Waals surface area (Å²) in [6.45, 7) is 0.0210. The lowest BCUT2D eigenvalue weighted by Gasteiger charge is -2.10. The Morgan fingerprint density at radius 2 is 1.85 bits per heavy atom. The van der Waals surface area contributed by atoms with Crippen LogP contribution in [0.2, 0.25) is 0 Å². The van der Waals surface area contributed by atoms with E-state index in [2.05, 4.69) is 0 Å². The SMILES string of the molecule is COc1cccc(-n2c(-c3ccccc3)cn3c4c(=O)n(CCCO)c(=O)n(C)c4nc23)c1. The van der Waals surface area contributed by atoms with Crippen molar-refractivity contribution in [2.45, 2.75) is 13.0 Å². The molecular formula is C24H23N5O4. The molecule has 0 bridgehead atoms. The first kappa shape index (κ1) is 20.8. The molecule has 0 aliphatic rings. The van der Waals surface area contributed by atoms with Gasteiger partial charge in [-0.25, -0.2) is 4.79 Å². The van der Waals surface area contributed by atoms with Crippen LogP contribution in [0.5, 0.6) is 5.75 Å². The zero-order chi connectivity index (χ0) is 23.1. The molecule has 1 N–H and O–H groups in total. The number of aliphatic hydroxyl groups is 1. The van der Waals surface area contributed by atoms with Crippen molar-refractivity contribution in [3.8, 4) is 22.7 Å². The molecule has 0 spiro atoms. The average molecular weight is 445 g/mol. The normalized spacial score (nSPS) is 11.5. The van der Waals surface area contributed by atoms with Gasteiger partial charge in [-0.2, -0.15) is 4.98 Å². The topological polar surface area (TPSA) is 95.7 Å². The Labute approximate surface area is 188 Å². The Bertz CT molecular complexity index is 1590. The molecule has 0 aliphatic heterocycles. The smallest absolute Gasteiger partial charge is 0.332 e. The Balaban J connectivity index is 1.90. The first-order chi connectivity index (χ1) is 16.0. The van der Waals surface area contributed by atoms with E-state index in [1.54, 1.807) is 18.6 Å². The van der Waals surface area contributed by atoms with E-state index in [1.165, 1.54) is 4.57 Å². The molecule has 5 rings (SSSR count). The van der Waals surface area contributed by atoms with E-state index >= 15 is 0 Å². The molecule has 3 aromatic heterocycles. The molecule has 0 fully saturated rings. The Kier molecular flexibility index (Phi) is 5.10. The van der Waals surface area contributed by atoms with Crippen molar-refractivity contribution in [1.82, 2.24) is 23.1 Å². The van der Waals surface area contributed by atoms with Gasteiger partial charge >= 0.3 is 5.69 Å². The summed E-state index contributed by atoms with van der Waals surface area (Å²) in [5.74, 6) is 1.19. The maximum atomic E-state index is 13.4. The molecular weight excluding hydrogens is 422 g/mol. The number of rotatable bonds is 6. The summed E-state index contributed by atoms with van der Waals surface area (Å²) in [6, 6.07) is 17.4. The second-order valence-electron chi connectivity index (χ2n) is 7.75. The summed E-state index contributed by atoms with van der Waals surface area (Å²) < 4.78 is 11.6. The second kappa shape index (κ2) is 8.10. The molecule has 168 valence electrons. The van der Waals surface area contributed by atoms with E-state index in [4.69, 9.17) is 9.72 Å². The molecule has 0 aliphatic carbocycles. The third-order valence-corrected chi connectivity index (χ3v) is 5.77. The highest BCUT2D eigenvalue weighted by Gasteiger charge is 2.22. The number of nitrogens with zero attached hydrogens (tertiary/aromatic N) is 5. The van der Waals surface area contributed by atoms with Gasteiger partial charge in [0.05, 0.1) is 18.5 Å². The third kappa shape index (κ3) is 3.25. The maximum Gasteiger partial charge on any atom is 0.332 e. The van der Waals surface area contributed by atoms with Crippen molar-refractivity contribution in [2.75, 3.05) is 13.7 Å². The third-order valence-electron chi connectivity index (χ3n) is 5.77. The summed E-state index contributed by atoms with van der Waals surface area (Å²) >= 11 is 0. The quantitative estimate of drug-likeness (QED) is 0.432. The predicted molar refractivity (Wildman–Crippen MR) is 125 cm³/mol. The van der Waals surface area contributed by atoms with Crippen molar-refractivity contribution >= 4 is 16.9 Å². The van der Waals surface area contributed by atoms with Crippen LogP contribution in [0.3, 0.4) is 0 Å². The number of hydrogen-bond acceptors (Lipinski definition) is 5. The van der Waals surface area contributed by atoms with Crippen LogP contribution >= 0.6 is 0 Å². The standard InChI is InChI=1S/C24H23N5O4/c1-26-21-20(22(31)27(24(26)32)12-7-13-30)28-15-19(16-8-4-3-5-9-16)29(23(28)25-21)17-10-6-11-18(14-17)33-2/h3-6,8-11,14-15,30H,7,12-13H2,1-2H3. The zero-order valence-corrected chi connectivity index (χ0v) is 18.3. The molecule has 0 saturated carbocycles. The summed E-state index contributed by atoms with van der Waals surface area (Å²) in [5.41, 5.74) is 2.31. The number of benzene rings is 2. The van der Waals surface area contributed by atoms with Gasteiger partial charge in [0.1, 0.15) is 5.75 Å². The van der Waals surface area contributed by atoms with E-state index < -0.39 is 11.2 Å². The maximum absolute atomic E-state index is 13.4. The lowest BCUT2D eigenvalue weighted by molar-refractivity contribution is 0.277. The second-order valence-corrected chi connectivity index (χ2v) is 7.75. The van der Waals surface area contributed by atoms with E-state index in [0.717, 1.165) is 21.5 Å². The van der Waals surface area contributed by atoms with Crippen LogP contribution in [-0.4, -0.2) is 41.9 Å². The first-order valence-electron chi connectivity index (χ1n) is 10.6. The molecule has 0 radical (unpaired) electrons. The minimum atomic E-state index is -0.460. The van der Waals surface area contributed by atoms with Crippen molar-refractivity contribution in [1.29, 1.82) is 0 Å². The Morgan fingerprint density at radius 1 is 1.06 bits per heavy atom. The van der Waals surface area contributed by atoms with Crippen LogP contribution in [0.25, 0.3) is 33.9 Å². The molecule has 9 nitrogen and oxygen atoms in total. The summed E-state index contributed by atoms with van der Waals surface area (Å²) in [4.78, 5) is 30.9. The number of methoxy groups -OCH3 is 1. The molecule has 3 heterocycles. The van der Waals surface area contributed by atoms with Crippen molar-refractivity contribution in [2.24, 2.45) is 7.05 Å². The zero-order valence-electron chi connectivity index (χ0n) is 18.3. The number of imidazole rings is 2. The van der Waals surface area contributed by atoms with Crippen molar-refractivity contribution in [3.05, 3.63) is 81.6 Å². The minimum Gasteiger partial charge on any atom is -0.497 e. The highest BCUT2D eigenvalue weighted by molar-refractivity contribution is 5.79. The average Bonchev–Trinajstić information content (AvgIpc) is 3.40. The van der Waals surface area contributed by atoms with Gasteiger partial charge in [0.2, 0.25) is 5.78 Å². The van der Waals surface area contributed by atoms with Crippen LogP contribution in [0, 0.1) is 0 Å². The number of aryl methyl sites for hydroxylation is 1. The lowest BCUT2D eigenvalue weighted by Crippen LogP contribution is -2.39. The largest absolute Gasteiger partial charge is 0.497 e. The fourth-order valence-corrected chi connectivity index (χ4v) is 4.14. The summed E-state index contributed by atoms with van der Waals surface area (Å²) in [5, 5.41) is 9.20. The van der Waals surface area contributed by atoms with Gasteiger partial charge < -0.3 is 9.84 Å². The van der Waals surface area contributed by atoms with Gasteiger partial charge in [-0.15, -0.1) is 0 Å². The van der Waals surface area contributed by atoms with Gasteiger partial charge in [0.15, 0.2) is 11.2 Å². The monoisotopic (exact) mass is 445 g/mol. The van der Waals surface area contributed by atoms with Crippen LogP contribution < -0.4 is 16.0 Å². The fourth-order valence-electron chi connectivity index (χ4n) is 4.14. The van der Waals surface area contributed by atoms with Gasteiger partial charge in [-0.3, -0.25) is 22.9 Å². The number of aromatic nitrogens is 5. The van der Waals surface area contributed by atoms with Gasteiger partial charge in [-0.05, 0) is 18.6 Å². The van der Waals surface area contributed by atoms with Crippen molar-refractivity contribution < 1.29 is 9.84 Å². The number of aliphatic hydroxyl groups excluding tert-OH is 1. The molecule has 33 heavy (non-hydrogen) atoms. The van der Waals surface area contributed by atoms with Crippen LogP contribution in [-0.2, 0) is 13.6 Å². The molecule has 0 atom stereocenters. The first-order valence-corrected chi connectivity index (χ1v) is 10.6. The Morgan fingerprint density at radius 3 is 2.58 bits per heavy atom. The van der Waals surface area contributed by atoms with E-state index in [9.17, 15) is 14.7 Å². The summed E-state index contributed by atoms with van der Waals surface area (Å²) in [6.07, 6.45) is 2.17. The van der Waals surface area contributed by atoms with Crippen LogP contribution in [0.4, 0.5) is 0 Å². The minimum absolute atomic E-state index is 0.111. The number of fused-ring (bicyclic) bond motifs is 3. The molecule has 2 aromatic carbocycles. The Hall–Kier alpha value is -4.11. The van der Waals surface area contributed by atoms with Gasteiger partial charge in [0, 0.05) is 38.0 Å². The fraction of sp³-hybridized carbons (Fsp3) is 0.208. The van der Waals surface area contributed by atoms with E-state index in [0.29, 0.717) is 29.1 Å². The highest BCUT2D eigenvalue weighted by Crippen LogP contribution is 2.30. The number of hydrogen-bond donors (Lipinski definition) is 1. The van der Waals surface area contributed by atoms with Crippen LogP contribution in [0.1, 0.15) is 6.42 Å². The molecule has 0 saturated heterocycles. The molecule has 9 heteroatoms. The molecule has 0 unspecified atom stereocenters. The molecule has 0 amide bonds. The van der Waals surface area contributed by atoms with Gasteiger partial charge in [-0.1, -0.05) is 36.4 Å². The van der Waals surface area contributed by atoms with Gasteiger partial charge in [0.25, 0.3) is 5.56 Å². The predicted octanol–water partition coefficient (Wildman–Crippen LogP) is 2.20. The number of ether oxygens (including phenoxy) is 1. The van der Waals surface area contributed by atoms with Crippen LogP contribution in [0.15, 0.2) is 70.4 Å². The lowest BCUT2D eigenvalue weighted by atomic mass is 10.1. The highest BCUT2D eigenvalue weighted by atomic mass is 16.5. The van der Waals surface area contributed by atoms with E-state index in [1.807, 2.05) is 65.4 Å². The summed E-state index contributed by atoms with van der Waals surface area (Å²) in [7, 11) is 3.21. The molecule has 5 aromatic rings.